The maximum Gasteiger partial charge on any atom is 0.197 e. The van der Waals surface area contributed by atoms with E-state index in [1.165, 1.54) is 0 Å². The van der Waals surface area contributed by atoms with Gasteiger partial charge in [0.2, 0.25) is 0 Å². The predicted octanol–water partition coefficient (Wildman–Crippen LogP) is 3.16. The van der Waals surface area contributed by atoms with Crippen molar-refractivity contribution in [3.05, 3.63) is 29.3 Å². The van der Waals surface area contributed by atoms with Crippen molar-refractivity contribution in [1.29, 1.82) is 5.26 Å². The zero-order valence-electron chi connectivity index (χ0n) is 11.6. The van der Waals surface area contributed by atoms with Gasteiger partial charge in [-0.1, -0.05) is 25.5 Å². The van der Waals surface area contributed by atoms with Crippen LogP contribution >= 0.6 is 0 Å². The van der Waals surface area contributed by atoms with Gasteiger partial charge in [0.1, 0.15) is 0 Å². The number of benzene rings is 1. The molecule has 1 fully saturated rings. The molecule has 0 aromatic heterocycles. The lowest BCUT2D eigenvalue weighted by Crippen LogP contribution is -2.40. The second kappa shape index (κ2) is 4.64. The minimum atomic E-state index is -3.61. The first-order valence-electron chi connectivity index (χ1n) is 6.58. The minimum absolute atomic E-state index is 0.109. The highest BCUT2D eigenvalue weighted by Gasteiger charge is 2.52. The third-order valence-corrected chi connectivity index (χ3v) is 6.96. The van der Waals surface area contributed by atoms with Gasteiger partial charge in [0, 0.05) is 0 Å². The fourth-order valence-corrected chi connectivity index (χ4v) is 5.38. The van der Waals surface area contributed by atoms with Crippen LogP contribution in [0.4, 0.5) is 0 Å². The Hall–Kier alpha value is -1.34. The number of sulfone groups is 1. The van der Waals surface area contributed by atoms with Crippen LogP contribution in [-0.2, 0) is 9.84 Å². The maximum atomic E-state index is 12.9. The zero-order chi connectivity index (χ0) is 14.3. The van der Waals surface area contributed by atoms with E-state index in [9.17, 15) is 13.7 Å². The van der Waals surface area contributed by atoms with Crippen LogP contribution in [-0.4, -0.2) is 13.2 Å². The second-order valence-electron chi connectivity index (χ2n) is 5.57. The van der Waals surface area contributed by atoms with Crippen molar-refractivity contribution < 1.29 is 8.42 Å². The number of nitrogens with zero attached hydrogens (tertiary/aromatic N) is 1. The third kappa shape index (κ3) is 1.97. The van der Waals surface area contributed by atoms with Gasteiger partial charge in [0.15, 0.2) is 14.6 Å². The summed E-state index contributed by atoms with van der Waals surface area (Å²) in [6.07, 6.45) is 2.05. The summed E-state index contributed by atoms with van der Waals surface area (Å²) in [6, 6.07) is 7.52. The molecule has 2 atom stereocenters. The van der Waals surface area contributed by atoms with Crippen molar-refractivity contribution in [2.45, 2.75) is 49.7 Å². The molecule has 19 heavy (non-hydrogen) atoms. The molecule has 0 aliphatic heterocycles. The number of nitriles is 1. The summed E-state index contributed by atoms with van der Waals surface area (Å²) >= 11 is 0. The first kappa shape index (κ1) is 14.1. The summed E-state index contributed by atoms with van der Waals surface area (Å²) in [7, 11) is -3.61. The van der Waals surface area contributed by atoms with Crippen LogP contribution < -0.4 is 0 Å². The van der Waals surface area contributed by atoms with E-state index in [1.807, 2.05) is 26.0 Å². The molecule has 0 amide bonds. The van der Waals surface area contributed by atoms with Crippen molar-refractivity contribution in [3.8, 4) is 6.07 Å². The first-order chi connectivity index (χ1) is 8.85. The fraction of sp³-hybridized carbons (Fsp3) is 0.533. The lowest BCUT2D eigenvalue weighted by molar-refractivity contribution is 0.494. The molecule has 2 rings (SSSR count). The van der Waals surface area contributed by atoms with Gasteiger partial charge in [-0.2, -0.15) is 5.26 Å². The van der Waals surface area contributed by atoms with Crippen LogP contribution in [0.15, 0.2) is 23.1 Å². The number of hydrogen-bond donors (Lipinski definition) is 0. The van der Waals surface area contributed by atoms with Crippen LogP contribution in [0.2, 0.25) is 0 Å². The van der Waals surface area contributed by atoms with E-state index < -0.39 is 14.6 Å². The molecule has 102 valence electrons. The summed E-state index contributed by atoms with van der Waals surface area (Å²) in [5, 5.41) is 9.51. The molecule has 0 spiro atoms. The molecule has 1 aromatic rings. The van der Waals surface area contributed by atoms with Crippen LogP contribution in [0.3, 0.4) is 0 Å². The number of rotatable bonds is 2. The molecular formula is C15H19NO2S. The average Bonchev–Trinajstić information content (AvgIpc) is 2.75. The van der Waals surface area contributed by atoms with E-state index in [0.29, 0.717) is 11.3 Å². The van der Waals surface area contributed by atoms with Crippen LogP contribution in [0.25, 0.3) is 0 Å². The van der Waals surface area contributed by atoms with Gasteiger partial charge in [0.25, 0.3) is 0 Å². The normalized spacial score (nSPS) is 27.2. The van der Waals surface area contributed by atoms with Crippen molar-refractivity contribution in [1.82, 2.24) is 0 Å². The topological polar surface area (TPSA) is 57.9 Å². The summed E-state index contributed by atoms with van der Waals surface area (Å²) in [5.41, 5.74) is 1.63. The van der Waals surface area contributed by atoms with E-state index in [2.05, 4.69) is 6.07 Å². The van der Waals surface area contributed by atoms with Crippen LogP contribution in [0, 0.1) is 31.1 Å². The Balaban J connectivity index is 2.66. The molecule has 0 N–H and O–H groups in total. The molecular weight excluding hydrogens is 258 g/mol. The summed E-state index contributed by atoms with van der Waals surface area (Å²) in [5.74, 6) is -0.109. The van der Waals surface area contributed by atoms with Gasteiger partial charge >= 0.3 is 0 Å². The van der Waals surface area contributed by atoms with E-state index >= 15 is 0 Å². The predicted molar refractivity (Wildman–Crippen MR) is 74.5 cm³/mol. The Labute approximate surface area is 115 Å². The summed E-state index contributed by atoms with van der Waals surface area (Å²) < 4.78 is 24.7. The third-order valence-electron chi connectivity index (χ3n) is 4.28. The SMILES string of the molecule is Cc1ccc(C)c(S(=O)(=O)C2(C#N)CCCC2C)c1. The average molecular weight is 277 g/mol. The summed E-state index contributed by atoms with van der Waals surface area (Å²) in [6.45, 7) is 5.53. The minimum Gasteiger partial charge on any atom is -0.222 e. The Morgan fingerprint density at radius 3 is 2.58 bits per heavy atom. The largest absolute Gasteiger partial charge is 0.222 e. The highest BCUT2D eigenvalue weighted by molar-refractivity contribution is 7.93. The maximum absolute atomic E-state index is 12.9. The molecule has 1 saturated carbocycles. The molecule has 0 bridgehead atoms. The zero-order valence-corrected chi connectivity index (χ0v) is 12.4. The van der Waals surface area contributed by atoms with Gasteiger partial charge in [-0.25, -0.2) is 8.42 Å². The summed E-state index contributed by atoms with van der Waals surface area (Å²) in [4.78, 5) is 0.322. The smallest absolute Gasteiger partial charge is 0.197 e. The van der Waals surface area contributed by atoms with Crippen molar-refractivity contribution in [3.63, 3.8) is 0 Å². The van der Waals surface area contributed by atoms with Crippen molar-refractivity contribution in [2.24, 2.45) is 5.92 Å². The number of hydrogen-bond acceptors (Lipinski definition) is 3. The monoisotopic (exact) mass is 277 g/mol. The molecule has 3 nitrogen and oxygen atoms in total. The van der Waals surface area contributed by atoms with Gasteiger partial charge in [-0.15, -0.1) is 0 Å². The molecule has 1 aliphatic rings. The van der Waals surface area contributed by atoms with Gasteiger partial charge < -0.3 is 0 Å². The van der Waals surface area contributed by atoms with E-state index in [1.54, 1.807) is 13.0 Å². The standard InChI is InChI=1S/C15H19NO2S/c1-11-6-7-12(2)14(9-11)19(17,18)15(10-16)8-4-5-13(15)3/h6-7,9,13H,4-5,8H2,1-3H3. The van der Waals surface area contributed by atoms with Gasteiger partial charge in [-0.05, 0) is 49.8 Å². The molecule has 2 unspecified atom stereocenters. The lowest BCUT2D eigenvalue weighted by atomic mass is 9.99. The molecule has 1 aromatic carbocycles. The van der Waals surface area contributed by atoms with Crippen molar-refractivity contribution >= 4 is 9.84 Å². The molecule has 0 saturated heterocycles. The van der Waals surface area contributed by atoms with Crippen molar-refractivity contribution in [2.75, 3.05) is 0 Å². The van der Waals surface area contributed by atoms with Gasteiger partial charge in [-0.3, -0.25) is 0 Å². The highest BCUT2D eigenvalue weighted by atomic mass is 32.2. The quantitative estimate of drug-likeness (QED) is 0.834. The molecule has 1 aliphatic carbocycles. The van der Waals surface area contributed by atoms with Gasteiger partial charge in [0.05, 0.1) is 11.0 Å². The molecule has 4 heteroatoms. The fourth-order valence-electron chi connectivity index (χ4n) is 2.97. The Kier molecular flexibility index (Phi) is 3.44. The number of aryl methyl sites for hydroxylation is 2. The van der Waals surface area contributed by atoms with E-state index in [0.717, 1.165) is 24.0 Å². The van der Waals surface area contributed by atoms with Crippen LogP contribution in [0.5, 0.6) is 0 Å². The Morgan fingerprint density at radius 1 is 1.37 bits per heavy atom. The van der Waals surface area contributed by atoms with E-state index in [-0.39, 0.29) is 5.92 Å². The highest BCUT2D eigenvalue weighted by Crippen LogP contribution is 2.44. The second-order valence-corrected chi connectivity index (χ2v) is 7.74. The Bertz CT molecular complexity index is 643. The van der Waals surface area contributed by atoms with Crippen LogP contribution in [0.1, 0.15) is 37.3 Å². The molecule has 0 heterocycles. The lowest BCUT2D eigenvalue weighted by Gasteiger charge is -2.26. The molecule has 0 radical (unpaired) electrons. The Morgan fingerprint density at radius 2 is 2.05 bits per heavy atom. The first-order valence-corrected chi connectivity index (χ1v) is 8.06. The van der Waals surface area contributed by atoms with E-state index in [4.69, 9.17) is 0 Å².